The Hall–Kier alpha value is -0.580. The molecule has 4 N–H and O–H groups in total. The minimum atomic E-state index is -0.167. The molecule has 0 aromatic heterocycles. The largest absolute Gasteiger partial charge is 0.392 e. The predicted octanol–water partition coefficient (Wildman–Crippen LogP) is 4.75. The Balaban J connectivity index is 3.87. The van der Waals surface area contributed by atoms with Crippen molar-refractivity contribution in [3.8, 4) is 0 Å². The Bertz CT molecular complexity index is 419. The van der Waals surface area contributed by atoms with Gasteiger partial charge in [-0.25, -0.2) is 0 Å². The fourth-order valence-corrected chi connectivity index (χ4v) is 2.98. The molecule has 0 spiro atoms. The van der Waals surface area contributed by atoms with Crippen LogP contribution in [-0.4, -0.2) is 22.5 Å². The smallest absolute Gasteiger partial charge is 0.0906 e. The molecule has 0 unspecified atom stereocenters. The number of thiocarbonyl (C=S) groups is 1. The second-order valence-corrected chi connectivity index (χ2v) is 7.55. The number of rotatable bonds is 11. The van der Waals surface area contributed by atoms with Gasteiger partial charge in [-0.05, 0) is 53.4 Å². The van der Waals surface area contributed by atoms with E-state index < -0.39 is 0 Å². The highest BCUT2D eigenvalue weighted by molar-refractivity contribution is 7.99. The summed E-state index contributed by atoms with van der Waals surface area (Å²) in [4.78, 5) is 0.405. The van der Waals surface area contributed by atoms with Gasteiger partial charge < -0.3 is 11.5 Å². The van der Waals surface area contributed by atoms with Crippen molar-refractivity contribution in [2.75, 3.05) is 11.5 Å². The van der Waals surface area contributed by atoms with Crippen molar-refractivity contribution in [3.63, 3.8) is 0 Å². The second kappa shape index (κ2) is 12.9. The average Bonchev–Trinajstić information content (AvgIpc) is 2.42. The quantitative estimate of drug-likeness (QED) is 0.324. The van der Waals surface area contributed by atoms with E-state index in [-0.39, 0.29) is 6.04 Å². The van der Waals surface area contributed by atoms with E-state index in [9.17, 15) is 0 Å². The first kappa shape index (κ1) is 21.4. The summed E-state index contributed by atoms with van der Waals surface area (Å²) in [7, 11) is 0. The topological polar surface area (TPSA) is 52.0 Å². The van der Waals surface area contributed by atoms with Crippen molar-refractivity contribution in [2.45, 2.75) is 59.4 Å². The molecule has 0 heterocycles. The van der Waals surface area contributed by atoms with E-state index in [4.69, 9.17) is 23.7 Å². The van der Waals surface area contributed by atoms with Crippen LogP contribution in [0.1, 0.15) is 53.4 Å². The molecule has 0 saturated carbocycles. The molecular formula is C18H32N2S2. The van der Waals surface area contributed by atoms with Crippen molar-refractivity contribution in [1.82, 2.24) is 0 Å². The van der Waals surface area contributed by atoms with Gasteiger partial charge in [-0.2, -0.15) is 11.8 Å². The molecule has 0 rings (SSSR count). The molecule has 0 aliphatic heterocycles. The first-order valence-corrected chi connectivity index (χ1v) is 9.46. The molecule has 0 radical (unpaired) electrons. The van der Waals surface area contributed by atoms with Gasteiger partial charge in [0.05, 0.1) is 11.0 Å². The molecule has 0 aromatic carbocycles. The lowest BCUT2D eigenvalue weighted by atomic mass is 10.1. The number of hydrogen-bond acceptors (Lipinski definition) is 3. The van der Waals surface area contributed by atoms with Gasteiger partial charge in [0, 0.05) is 11.5 Å². The lowest BCUT2D eigenvalue weighted by molar-refractivity contribution is 0.917. The van der Waals surface area contributed by atoms with Crippen LogP contribution >= 0.6 is 24.0 Å². The summed E-state index contributed by atoms with van der Waals surface area (Å²) in [5, 5.41) is 0. The van der Waals surface area contributed by atoms with Crippen LogP contribution in [0.4, 0.5) is 0 Å². The summed E-state index contributed by atoms with van der Waals surface area (Å²) in [6, 6.07) is -0.167. The van der Waals surface area contributed by atoms with Gasteiger partial charge in [-0.1, -0.05) is 47.2 Å². The first-order chi connectivity index (χ1) is 10.3. The number of thioether (sulfide) groups is 1. The predicted molar refractivity (Wildman–Crippen MR) is 107 cm³/mol. The van der Waals surface area contributed by atoms with E-state index >= 15 is 0 Å². The summed E-state index contributed by atoms with van der Waals surface area (Å²) in [6.07, 6.45) is 11.5. The highest BCUT2D eigenvalue weighted by atomic mass is 32.2. The van der Waals surface area contributed by atoms with Crippen molar-refractivity contribution in [3.05, 3.63) is 34.9 Å². The highest BCUT2D eigenvalue weighted by Crippen LogP contribution is 2.12. The molecule has 2 nitrogen and oxygen atoms in total. The van der Waals surface area contributed by atoms with Crippen LogP contribution in [0.25, 0.3) is 0 Å². The van der Waals surface area contributed by atoms with E-state index in [0.29, 0.717) is 4.99 Å². The SMILES string of the molecule is CC(C)=CCC/C(C)=C/CC/C(C)=C/CSC[C@H](N)C(N)=S. The zero-order chi connectivity index (χ0) is 17.0. The molecule has 0 aliphatic rings. The third kappa shape index (κ3) is 13.1. The van der Waals surface area contributed by atoms with Crippen LogP contribution in [0.2, 0.25) is 0 Å². The molecule has 0 aromatic rings. The normalized spacial score (nSPS) is 13.9. The van der Waals surface area contributed by atoms with Crippen LogP contribution in [-0.2, 0) is 0 Å². The minimum Gasteiger partial charge on any atom is -0.392 e. The Kier molecular flexibility index (Phi) is 12.6. The monoisotopic (exact) mass is 340 g/mol. The molecule has 0 saturated heterocycles. The van der Waals surface area contributed by atoms with E-state index in [1.165, 1.54) is 23.1 Å². The van der Waals surface area contributed by atoms with Crippen molar-refractivity contribution in [2.24, 2.45) is 11.5 Å². The molecule has 22 heavy (non-hydrogen) atoms. The molecule has 0 amide bonds. The summed E-state index contributed by atoms with van der Waals surface area (Å²) in [6.45, 7) is 8.73. The highest BCUT2D eigenvalue weighted by Gasteiger charge is 2.03. The summed E-state index contributed by atoms with van der Waals surface area (Å²) in [5.41, 5.74) is 15.6. The van der Waals surface area contributed by atoms with Crippen LogP contribution in [0.3, 0.4) is 0 Å². The van der Waals surface area contributed by atoms with Crippen LogP contribution in [0, 0.1) is 0 Å². The maximum atomic E-state index is 5.79. The first-order valence-electron chi connectivity index (χ1n) is 7.90. The molecule has 4 heteroatoms. The van der Waals surface area contributed by atoms with Gasteiger partial charge in [0.25, 0.3) is 0 Å². The second-order valence-electron chi connectivity index (χ2n) is 6.01. The Morgan fingerprint density at radius 2 is 1.55 bits per heavy atom. The summed E-state index contributed by atoms with van der Waals surface area (Å²) >= 11 is 6.64. The minimum absolute atomic E-state index is 0.167. The third-order valence-electron chi connectivity index (χ3n) is 3.34. The molecular weight excluding hydrogens is 308 g/mol. The van der Waals surface area contributed by atoms with Gasteiger partial charge in [-0.15, -0.1) is 0 Å². The van der Waals surface area contributed by atoms with Crippen molar-refractivity contribution in [1.29, 1.82) is 0 Å². The van der Waals surface area contributed by atoms with Crippen molar-refractivity contribution < 1.29 is 0 Å². The lowest BCUT2D eigenvalue weighted by Crippen LogP contribution is -2.37. The third-order valence-corrected chi connectivity index (χ3v) is 4.64. The van der Waals surface area contributed by atoms with E-state index in [1.807, 2.05) is 0 Å². The number of allylic oxidation sites excluding steroid dienone is 5. The molecule has 126 valence electrons. The summed E-state index contributed by atoms with van der Waals surface area (Å²) < 4.78 is 0. The van der Waals surface area contributed by atoms with Gasteiger partial charge in [0.1, 0.15) is 0 Å². The lowest BCUT2D eigenvalue weighted by Gasteiger charge is -2.07. The fourth-order valence-electron chi connectivity index (χ4n) is 1.82. The Morgan fingerprint density at radius 3 is 2.09 bits per heavy atom. The molecule has 0 aliphatic carbocycles. The number of hydrogen-bond donors (Lipinski definition) is 2. The van der Waals surface area contributed by atoms with Crippen LogP contribution < -0.4 is 11.5 Å². The Labute approximate surface area is 146 Å². The van der Waals surface area contributed by atoms with Crippen LogP contribution in [0.15, 0.2) is 34.9 Å². The molecule has 0 fully saturated rings. The standard InChI is InChI=1S/C18H32N2S2/c1-14(2)7-5-8-15(3)9-6-10-16(4)11-12-22-13-17(19)18(20)21/h7,9,11,17H,5-6,8,10,12-13,19H2,1-4H3,(H2,20,21)/b15-9+,16-11+/t17-/m0/s1. The fraction of sp³-hybridized carbons (Fsp3) is 0.611. The van der Waals surface area contributed by atoms with E-state index in [0.717, 1.165) is 30.8 Å². The Morgan fingerprint density at radius 1 is 1.00 bits per heavy atom. The van der Waals surface area contributed by atoms with Crippen molar-refractivity contribution >= 4 is 29.0 Å². The van der Waals surface area contributed by atoms with E-state index in [2.05, 4.69) is 45.9 Å². The maximum absolute atomic E-state index is 5.79. The van der Waals surface area contributed by atoms with Gasteiger partial charge in [0.15, 0.2) is 0 Å². The van der Waals surface area contributed by atoms with Gasteiger partial charge in [-0.3, -0.25) is 0 Å². The number of nitrogens with two attached hydrogens (primary N) is 2. The van der Waals surface area contributed by atoms with E-state index in [1.54, 1.807) is 11.8 Å². The van der Waals surface area contributed by atoms with Gasteiger partial charge >= 0.3 is 0 Å². The zero-order valence-corrected chi connectivity index (χ0v) is 16.2. The average molecular weight is 341 g/mol. The maximum Gasteiger partial charge on any atom is 0.0906 e. The van der Waals surface area contributed by atoms with Gasteiger partial charge in [0.2, 0.25) is 0 Å². The molecule has 0 bridgehead atoms. The summed E-state index contributed by atoms with van der Waals surface area (Å²) in [5.74, 6) is 1.77. The zero-order valence-electron chi connectivity index (χ0n) is 14.5. The van der Waals surface area contributed by atoms with Crippen LogP contribution in [0.5, 0.6) is 0 Å². The molecule has 1 atom stereocenters.